The second kappa shape index (κ2) is 10.1. The van der Waals surface area contributed by atoms with Crippen LogP contribution in [0.1, 0.15) is 28.7 Å². The van der Waals surface area contributed by atoms with Crippen LogP contribution in [0, 0.1) is 13.8 Å². The summed E-state index contributed by atoms with van der Waals surface area (Å²) in [6.07, 6.45) is 0.541. The van der Waals surface area contributed by atoms with E-state index in [1.165, 1.54) is 16.7 Å². The predicted molar refractivity (Wildman–Crippen MR) is 113 cm³/mol. The molecule has 0 amide bonds. The fraction of sp³-hybridized carbons (Fsp3) is 0.381. The normalized spacial score (nSPS) is 12.0. The summed E-state index contributed by atoms with van der Waals surface area (Å²) in [5.74, 6) is 0.923. The van der Waals surface area contributed by atoms with Gasteiger partial charge in [0.2, 0.25) is 0 Å². The SMILES string of the molecule is CN=C(NCCCS(=O)(=O)Cc1ccccc1)NCc1ccc(C)cc1C. The molecule has 0 aliphatic rings. The predicted octanol–water partition coefficient (Wildman–Crippen LogP) is 2.97. The van der Waals surface area contributed by atoms with Gasteiger partial charge in [-0.25, -0.2) is 8.42 Å². The van der Waals surface area contributed by atoms with Crippen molar-refractivity contribution in [3.63, 3.8) is 0 Å². The monoisotopic (exact) mass is 387 g/mol. The smallest absolute Gasteiger partial charge is 0.191 e. The highest BCUT2D eigenvalue weighted by Gasteiger charge is 2.11. The quantitative estimate of drug-likeness (QED) is 0.415. The van der Waals surface area contributed by atoms with Crippen molar-refractivity contribution >= 4 is 15.8 Å². The summed E-state index contributed by atoms with van der Waals surface area (Å²) < 4.78 is 24.4. The molecule has 27 heavy (non-hydrogen) atoms. The topological polar surface area (TPSA) is 70.6 Å². The van der Waals surface area contributed by atoms with Crippen molar-refractivity contribution in [3.05, 3.63) is 70.8 Å². The van der Waals surface area contributed by atoms with Crippen LogP contribution < -0.4 is 10.6 Å². The molecule has 0 unspecified atom stereocenters. The van der Waals surface area contributed by atoms with E-state index in [-0.39, 0.29) is 11.5 Å². The number of hydrogen-bond donors (Lipinski definition) is 2. The van der Waals surface area contributed by atoms with Crippen molar-refractivity contribution in [3.8, 4) is 0 Å². The Morgan fingerprint density at radius 2 is 1.78 bits per heavy atom. The van der Waals surface area contributed by atoms with Crippen molar-refractivity contribution in [2.45, 2.75) is 32.6 Å². The van der Waals surface area contributed by atoms with Gasteiger partial charge in [0.25, 0.3) is 0 Å². The lowest BCUT2D eigenvalue weighted by Crippen LogP contribution is -2.37. The van der Waals surface area contributed by atoms with Crippen LogP contribution in [0.3, 0.4) is 0 Å². The average Bonchev–Trinajstić information content (AvgIpc) is 2.63. The average molecular weight is 388 g/mol. The molecule has 0 fully saturated rings. The molecule has 2 aromatic rings. The molecule has 0 saturated heterocycles. The lowest BCUT2D eigenvalue weighted by Gasteiger charge is -2.13. The zero-order valence-corrected chi connectivity index (χ0v) is 17.1. The molecule has 0 aliphatic heterocycles. The first-order valence-corrected chi connectivity index (χ1v) is 11.0. The summed E-state index contributed by atoms with van der Waals surface area (Å²) in [7, 11) is -1.39. The van der Waals surface area contributed by atoms with E-state index in [1.54, 1.807) is 7.05 Å². The second-order valence-corrected chi connectivity index (χ2v) is 8.90. The van der Waals surface area contributed by atoms with Gasteiger partial charge in [0.1, 0.15) is 0 Å². The number of nitrogens with one attached hydrogen (secondary N) is 2. The van der Waals surface area contributed by atoms with E-state index in [0.29, 0.717) is 25.5 Å². The number of guanidine groups is 1. The van der Waals surface area contributed by atoms with Gasteiger partial charge in [0, 0.05) is 20.1 Å². The molecule has 0 aromatic heterocycles. The van der Waals surface area contributed by atoms with E-state index in [0.717, 1.165) is 5.56 Å². The highest BCUT2D eigenvalue weighted by atomic mass is 32.2. The minimum Gasteiger partial charge on any atom is -0.356 e. The second-order valence-electron chi connectivity index (χ2n) is 6.71. The fourth-order valence-electron chi connectivity index (χ4n) is 2.84. The van der Waals surface area contributed by atoms with Crippen molar-refractivity contribution in [2.75, 3.05) is 19.3 Å². The summed E-state index contributed by atoms with van der Waals surface area (Å²) in [5, 5.41) is 6.45. The number of benzene rings is 2. The van der Waals surface area contributed by atoms with E-state index in [1.807, 2.05) is 30.3 Å². The Bertz CT molecular complexity index is 862. The first-order chi connectivity index (χ1) is 12.9. The third-order valence-corrected chi connectivity index (χ3v) is 6.01. The zero-order chi connectivity index (χ0) is 19.7. The Labute approximate surface area is 162 Å². The van der Waals surface area contributed by atoms with Crippen molar-refractivity contribution < 1.29 is 8.42 Å². The minimum atomic E-state index is -3.10. The first-order valence-electron chi connectivity index (χ1n) is 9.14. The van der Waals surface area contributed by atoms with Crippen molar-refractivity contribution in [1.29, 1.82) is 0 Å². The Morgan fingerprint density at radius 3 is 2.44 bits per heavy atom. The van der Waals surface area contributed by atoms with Crippen molar-refractivity contribution in [1.82, 2.24) is 10.6 Å². The van der Waals surface area contributed by atoms with Gasteiger partial charge in [0.15, 0.2) is 15.8 Å². The molecule has 0 aliphatic carbocycles. The van der Waals surface area contributed by atoms with E-state index in [2.05, 4.69) is 47.7 Å². The van der Waals surface area contributed by atoms with Gasteiger partial charge in [-0.05, 0) is 37.0 Å². The molecule has 2 rings (SSSR count). The number of aryl methyl sites for hydroxylation is 2. The van der Waals surface area contributed by atoms with Crippen molar-refractivity contribution in [2.24, 2.45) is 4.99 Å². The molecule has 146 valence electrons. The van der Waals surface area contributed by atoms with E-state index in [9.17, 15) is 8.42 Å². The zero-order valence-electron chi connectivity index (χ0n) is 16.3. The molecule has 2 N–H and O–H groups in total. The largest absolute Gasteiger partial charge is 0.356 e. The van der Waals surface area contributed by atoms with Gasteiger partial charge in [-0.2, -0.15) is 0 Å². The Hall–Kier alpha value is -2.34. The maximum atomic E-state index is 12.2. The number of rotatable bonds is 8. The first kappa shape index (κ1) is 21.0. The van der Waals surface area contributed by atoms with Crippen LogP contribution in [0.15, 0.2) is 53.5 Å². The maximum absolute atomic E-state index is 12.2. The van der Waals surface area contributed by atoms with Gasteiger partial charge in [-0.1, -0.05) is 54.1 Å². The van der Waals surface area contributed by atoms with Crippen LogP contribution in [0.4, 0.5) is 0 Å². The molecule has 0 bridgehead atoms. The molecule has 0 saturated carbocycles. The van der Waals surface area contributed by atoms with Crippen LogP contribution in [0.5, 0.6) is 0 Å². The summed E-state index contributed by atoms with van der Waals surface area (Å²) >= 11 is 0. The molecule has 2 aromatic carbocycles. The van der Waals surface area contributed by atoms with Gasteiger partial charge < -0.3 is 10.6 Å². The molecule has 0 radical (unpaired) electrons. The molecular formula is C21H29N3O2S. The number of sulfone groups is 1. The third-order valence-electron chi connectivity index (χ3n) is 4.32. The Balaban J connectivity index is 1.74. The maximum Gasteiger partial charge on any atom is 0.191 e. The summed E-state index contributed by atoms with van der Waals surface area (Å²) in [6, 6.07) is 15.7. The lowest BCUT2D eigenvalue weighted by atomic mass is 10.1. The van der Waals surface area contributed by atoms with Gasteiger partial charge >= 0.3 is 0 Å². The van der Waals surface area contributed by atoms with Crippen LogP contribution in [-0.2, 0) is 22.1 Å². The van der Waals surface area contributed by atoms with E-state index >= 15 is 0 Å². The Kier molecular flexibility index (Phi) is 7.85. The number of aliphatic imine (C=N–C) groups is 1. The van der Waals surface area contributed by atoms with Crippen LogP contribution in [0.2, 0.25) is 0 Å². The molecule has 0 heterocycles. The highest BCUT2D eigenvalue weighted by molar-refractivity contribution is 7.90. The highest BCUT2D eigenvalue weighted by Crippen LogP contribution is 2.10. The van der Waals surface area contributed by atoms with Gasteiger partial charge in [-0.15, -0.1) is 0 Å². The van der Waals surface area contributed by atoms with Gasteiger partial charge in [0.05, 0.1) is 11.5 Å². The van der Waals surface area contributed by atoms with Crippen LogP contribution in [0.25, 0.3) is 0 Å². The van der Waals surface area contributed by atoms with Gasteiger partial charge in [-0.3, -0.25) is 4.99 Å². The molecule has 5 nitrogen and oxygen atoms in total. The molecule has 0 atom stereocenters. The molecule has 6 heteroatoms. The lowest BCUT2D eigenvalue weighted by molar-refractivity contribution is 0.591. The van der Waals surface area contributed by atoms with E-state index < -0.39 is 9.84 Å². The summed E-state index contributed by atoms with van der Waals surface area (Å²) in [5.41, 5.74) is 4.53. The number of hydrogen-bond acceptors (Lipinski definition) is 3. The van der Waals surface area contributed by atoms with Crippen LogP contribution >= 0.6 is 0 Å². The number of nitrogens with zero attached hydrogens (tertiary/aromatic N) is 1. The standard InChI is InChI=1S/C21H29N3O2S/c1-17-10-11-20(18(2)14-17)15-24-21(22-3)23-12-7-13-27(25,26)16-19-8-5-4-6-9-19/h4-6,8-11,14H,7,12-13,15-16H2,1-3H3,(H2,22,23,24). The fourth-order valence-corrected chi connectivity index (χ4v) is 4.27. The summed E-state index contributed by atoms with van der Waals surface area (Å²) in [4.78, 5) is 4.20. The molecular weight excluding hydrogens is 358 g/mol. The third kappa shape index (κ3) is 7.43. The Morgan fingerprint density at radius 1 is 1.04 bits per heavy atom. The molecule has 0 spiro atoms. The van der Waals surface area contributed by atoms with E-state index in [4.69, 9.17) is 0 Å². The van der Waals surface area contributed by atoms with Crippen LogP contribution in [-0.4, -0.2) is 33.7 Å². The minimum absolute atomic E-state index is 0.0908. The summed E-state index contributed by atoms with van der Waals surface area (Å²) in [6.45, 7) is 5.41.